The zero-order valence-corrected chi connectivity index (χ0v) is 13.1. The van der Waals surface area contributed by atoms with E-state index in [0.29, 0.717) is 5.92 Å². The van der Waals surface area contributed by atoms with Gasteiger partial charge in [0.15, 0.2) is 0 Å². The lowest BCUT2D eigenvalue weighted by Crippen LogP contribution is -2.49. The number of aliphatic hydroxyl groups is 1. The van der Waals surface area contributed by atoms with Crippen LogP contribution in [-0.2, 0) is 0 Å². The third-order valence-corrected chi connectivity index (χ3v) is 5.39. The van der Waals surface area contributed by atoms with E-state index in [-0.39, 0.29) is 5.60 Å². The van der Waals surface area contributed by atoms with Crippen LogP contribution in [-0.4, -0.2) is 10.7 Å². The molecule has 0 saturated heterocycles. The van der Waals surface area contributed by atoms with Gasteiger partial charge in [0.25, 0.3) is 0 Å². The molecule has 1 aromatic carbocycles. The Kier molecular flexibility index (Phi) is 3.38. The largest absolute Gasteiger partial charge is 0.486 e. The van der Waals surface area contributed by atoms with E-state index in [2.05, 4.69) is 29.8 Å². The van der Waals surface area contributed by atoms with Crippen LogP contribution in [0, 0.1) is 11.8 Å². The first-order chi connectivity index (χ1) is 9.00. The van der Waals surface area contributed by atoms with Crippen molar-refractivity contribution in [2.24, 2.45) is 11.8 Å². The van der Waals surface area contributed by atoms with Crippen LogP contribution in [0.15, 0.2) is 22.7 Å². The highest BCUT2D eigenvalue weighted by Gasteiger charge is 2.47. The summed E-state index contributed by atoms with van der Waals surface area (Å²) in [5.74, 6) is 2.12. The molecule has 3 heteroatoms. The molecule has 0 aromatic heterocycles. The normalized spacial score (nSPS) is 37.8. The van der Waals surface area contributed by atoms with Gasteiger partial charge < -0.3 is 9.84 Å². The molecule has 0 amide bonds. The van der Waals surface area contributed by atoms with E-state index in [1.165, 1.54) is 12.8 Å². The summed E-state index contributed by atoms with van der Waals surface area (Å²) >= 11 is 3.49. The highest BCUT2D eigenvalue weighted by Crippen LogP contribution is 2.50. The van der Waals surface area contributed by atoms with Crippen molar-refractivity contribution in [2.45, 2.75) is 51.2 Å². The molecule has 4 atom stereocenters. The molecule has 3 unspecified atom stereocenters. The van der Waals surface area contributed by atoms with Crippen molar-refractivity contribution in [1.82, 2.24) is 0 Å². The van der Waals surface area contributed by atoms with Gasteiger partial charge in [-0.15, -0.1) is 0 Å². The molecular formula is C16H21BrO2. The molecule has 1 aliphatic heterocycles. The standard InChI is InChI=1S/C16H21BrO2/c1-10-5-6-16(11(2)7-10)9-14(18)13-4-3-12(17)8-15(13)19-16/h3-4,8,10-11,14,18H,5-7,9H2,1-2H3/t10?,11?,14-,16?/m0/s1. The number of fused-ring (bicyclic) bond motifs is 1. The molecule has 1 fully saturated rings. The maximum Gasteiger partial charge on any atom is 0.127 e. The van der Waals surface area contributed by atoms with Gasteiger partial charge in [-0.3, -0.25) is 0 Å². The molecule has 2 aliphatic rings. The number of halogens is 1. The first-order valence-corrected chi connectivity index (χ1v) is 7.96. The van der Waals surface area contributed by atoms with Crippen LogP contribution in [0.1, 0.15) is 51.2 Å². The second kappa shape index (κ2) is 4.78. The lowest BCUT2D eigenvalue weighted by atomic mass is 9.68. The molecule has 3 rings (SSSR count). The number of hydrogen-bond donors (Lipinski definition) is 1. The van der Waals surface area contributed by atoms with Gasteiger partial charge in [-0.25, -0.2) is 0 Å². The second-order valence-electron chi connectivity index (χ2n) is 6.35. The molecule has 1 aliphatic carbocycles. The van der Waals surface area contributed by atoms with E-state index < -0.39 is 6.10 Å². The van der Waals surface area contributed by atoms with E-state index in [9.17, 15) is 5.11 Å². The summed E-state index contributed by atoms with van der Waals surface area (Å²) in [6.07, 6.45) is 3.78. The average Bonchev–Trinajstić information content (AvgIpc) is 2.34. The quantitative estimate of drug-likeness (QED) is 0.763. The predicted octanol–water partition coefficient (Wildman–Crippen LogP) is 4.46. The molecule has 1 saturated carbocycles. The second-order valence-corrected chi connectivity index (χ2v) is 7.27. The van der Waals surface area contributed by atoms with Crippen molar-refractivity contribution in [3.63, 3.8) is 0 Å². The topological polar surface area (TPSA) is 29.5 Å². The van der Waals surface area contributed by atoms with E-state index in [1.807, 2.05) is 18.2 Å². The van der Waals surface area contributed by atoms with Gasteiger partial charge in [-0.05, 0) is 43.2 Å². The summed E-state index contributed by atoms with van der Waals surface area (Å²) in [6.45, 7) is 4.58. The molecule has 19 heavy (non-hydrogen) atoms. The van der Waals surface area contributed by atoms with Crippen molar-refractivity contribution in [2.75, 3.05) is 0 Å². The molecule has 1 spiro atoms. The summed E-state index contributed by atoms with van der Waals surface area (Å²) in [4.78, 5) is 0. The first-order valence-electron chi connectivity index (χ1n) is 7.17. The molecule has 104 valence electrons. The Hall–Kier alpha value is -0.540. The maximum atomic E-state index is 10.5. The third-order valence-electron chi connectivity index (χ3n) is 4.90. The Labute approximate surface area is 123 Å². The van der Waals surface area contributed by atoms with Crippen LogP contribution in [0.4, 0.5) is 0 Å². The highest BCUT2D eigenvalue weighted by molar-refractivity contribution is 9.10. The lowest BCUT2D eigenvalue weighted by Gasteiger charge is -2.48. The van der Waals surface area contributed by atoms with Crippen LogP contribution in [0.5, 0.6) is 5.75 Å². The average molecular weight is 325 g/mol. The van der Waals surface area contributed by atoms with Crippen LogP contribution in [0.3, 0.4) is 0 Å². The minimum Gasteiger partial charge on any atom is -0.486 e. The summed E-state index contributed by atoms with van der Waals surface area (Å²) in [7, 11) is 0. The number of ether oxygens (including phenoxy) is 1. The summed E-state index contributed by atoms with van der Waals surface area (Å²) in [5.41, 5.74) is 0.763. The Morgan fingerprint density at radius 1 is 1.37 bits per heavy atom. The Morgan fingerprint density at radius 3 is 2.89 bits per heavy atom. The summed E-state index contributed by atoms with van der Waals surface area (Å²) < 4.78 is 7.39. The Bertz CT molecular complexity index is 488. The number of aliphatic hydroxyl groups excluding tert-OH is 1. The van der Waals surface area contributed by atoms with Gasteiger partial charge in [0.1, 0.15) is 11.4 Å². The monoisotopic (exact) mass is 324 g/mol. The Balaban J connectivity index is 1.95. The van der Waals surface area contributed by atoms with Crippen molar-refractivity contribution < 1.29 is 9.84 Å². The molecule has 0 radical (unpaired) electrons. The Morgan fingerprint density at radius 2 is 2.16 bits per heavy atom. The maximum absolute atomic E-state index is 10.5. The fourth-order valence-electron chi connectivity index (χ4n) is 3.70. The highest BCUT2D eigenvalue weighted by atomic mass is 79.9. The van der Waals surface area contributed by atoms with Crippen LogP contribution >= 0.6 is 15.9 Å². The summed E-state index contributed by atoms with van der Waals surface area (Å²) in [6, 6.07) is 5.92. The minimum absolute atomic E-state index is 0.167. The van der Waals surface area contributed by atoms with Gasteiger partial charge in [-0.1, -0.05) is 35.8 Å². The van der Waals surface area contributed by atoms with Crippen molar-refractivity contribution >= 4 is 15.9 Å². The fourth-order valence-corrected chi connectivity index (χ4v) is 4.04. The SMILES string of the molecule is CC1CCC2(C[C@H](O)c3ccc(Br)cc3O2)C(C)C1. The molecule has 1 heterocycles. The zero-order chi connectivity index (χ0) is 13.6. The van der Waals surface area contributed by atoms with Crippen LogP contribution < -0.4 is 4.74 Å². The lowest BCUT2D eigenvalue weighted by molar-refractivity contribution is -0.0802. The fraction of sp³-hybridized carbons (Fsp3) is 0.625. The molecule has 1 N–H and O–H groups in total. The van der Waals surface area contributed by atoms with E-state index in [4.69, 9.17) is 4.74 Å². The van der Waals surface area contributed by atoms with Crippen molar-refractivity contribution in [3.05, 3.63) is 28.2 Å². The number of hydrogen-bond acceptors (Lipinski definition) is 2. The number of rotatable bonds is 0. The summed E-state index contributed by atoms with van der Waals surface area (Å²) in [5, 5.41) is 10.5. The van der Waals surface area contributed by atoms with E-state index in [0.717, 1.165) is 34.5 Å². The molecule has 1 aromatic rings. The van der Waals surface area contributed by atoms with Gasteiger partial charge >= 0.3 is 0 Å². The molecule has 2 nitrogen and oxygen atoms in total. The first kappa shape index (κ1) is 13.4. The van der Waals surface area contributed by atoms with Crippen LogP contribution in [0.2, 0.25) is 0 Å². The van der Waals surface area contributed by atoms with E-state index in [1.54, 1.807) is 0 Å². The zero-order valence-electron chi connectivity index (χ0n) is 11.5. The van der Waals surface area contributed by atoms with Crippen molar-refractivity contribution in [3.8, 4) is 5.75 Å². The van der Waals surface area contributed by atoms with Gasteiger partial charge in [0.2, 0.25) is 0 Å². The molecular weight excluding hydrogens is 304 g/mol. The molecule has 0 bridgehead atoms. The number of benzene rings is 1. The predicted molar refractivity (Wildman–Crippen MR) is 79.3 cm³/mol. The van der Waals surface area contributed by atoms with Gasteiger partial charge in [0.05, 0.1) is 6.10 Å². The smallest absolute Gasteiger partial charge is 0.127 e. The van der Waals surface area contributed by atoms with Gasteiger partial charge in [-0.2, -0.15) is 0 Å². The minimum atomic E-state index is -0.396. The van der Waals surface area contributed by atoms with E-state index >= 15 is 0 Å². The van der Waals surface area contributed by atoms with Crippen LogP contribution in [0.25, 0.3) is 0 Å². The van der Waals surface area contributed by atoms with Gasteiger partial charge in [0, 0.05) is 16.5 Å². The third kappa shape index (κ3) is 2.31. The van der Waals surface area contributed by atoms with Crippen molar-refractivity contribution in [1.29, 1.82) is 0 Å².